The minimum atomic E-state index is -0.766. The van der Waals surface area contributed by atoms with Gasteiger partial charge in [-0.3, -0.25) is 33.3 Å². The van der Waals surface area contributed by atoms with Crippen LogP contribution in [0.5, 0.6) is 0 Å². The lowest BCUT2D eigenvalue weighted by Crippen LogP contribution is -2.47. The highest BCUT2D eigenvalue weighted by Crippen LogP contribution is 2.34. The number of hydrogen-bond acceptors (Lipinski definition) is 14. The van der Waals surface area contributed by atoms with Crippen LogP contribution in [-0.2, 0) is 24.4 Å². The second-order valence-electron chi connectivity index (χ2n) is 27.3. The Morgan fingerprint density at radius 1 is 0.588 bits per heavy atom. The van der Waals surface area contributed by atoms with Gasteiger partial charge < -0.3 is 24.2 Å². The number of rotatable bonds is 15. The number of pyridine rings is 4. The van der Waals surface area contributed by atoms with Gasteiger partial charge in [-0.25, -0.2) is 61.0 Å². The number of carbonyl (C=O) groups is 2. The Morgan fingerprint density at radius 3 is 1.61 bits per heavy atom. The molecular formula is C77H74F4N14O7. The largest absolute Gasteiger partial charge is 0.444 e. The number of fused-ring (bicyclic) bond motifs is 4. The Kier molecular flexibility index (Phi) is 19.3. The predicted octanol–water partition coefficient (Wildman–Crippen LogP) is 11.7. The number of benzene rings is 4. The molecule has 15 rings (SSSR count). The Balaban J connectivity index is 0.000000173. The summed E-state index contributed by atoms with van der Waals surface area (Å²) in [5.74, 6) is -2.09. The molecule has 25 heteroatoms. The van der Waals surface area contributed by atoms with Gasteiger partial charge in [0.15, 0.2) is 11.3 Å². The zero-order valence-electron chi connectivity index (χ0n) is 56.4. The van der Waals surface area contributed by atoms with Gasteiger partial charge in [-0.1, -0.05) is 72.8 Å². The number of nitrogens with one attached hydrogen (secondary N) is 2. The fourth-order valence-electron chi connectivity index (χ4n) is 14.3. The third-order valence-corrected chi connectivity index (χ3v) is 19.3. The van der Waals surface area contributed by atoms with E-state index in [1.54, 1.807) is 101 Å². The zero-order valence-corrected chi connectivity index (χ0v) is 56.4. The van der Waals surface area contributed by atoms with E-state index >= 15 is 0 Å². The van der Waals surface area contributed by atoms with Gasteiger partial charge in [0.2, 0.25) is 0 Å². The van der Waals surface area contributed by atoms with E-state index in [-0.39, 0.29) is 52.6 Å². The molecule has 1 amide bonds. The molecule has 2 N–H and O–H groups in total. The topological polar surface area (TPSA) is 222 Å². The van der Waals surface area contributed by atoms with Gasteiger partial charge in [0.05, 0.1) is 52.5 Å². The summed E-state index contributed by atoms with van der Waals surface area (Å²) in [6.07, 6.45) is 12.7. The number of carbonyl (C=O) groups excluding carboxylic acids is 2. The average molecular weight is 1380 g/mol. The summed E-state index contributed by atoms with van der Waals surface area (Å²) in [5.41, 5.74) is 5.89. The van der Waals surface area contributed by atoms with Gasteiger partial charge in [0.25, 0.3) is 11.1 Å². The molecule has 1 aliphatic heterocycles. The first-order valence-electron chi connectivity index (χ1n) is 34.2. The Labute approximate surface area is 582 Å². The Hall–Kier alpha value is -11.0. The summed E-state index contributed by atoms with van der Waals surface area (Å²) in [5, 5.41) is 6.94. The van der Waals surface area contributed by atoms with Crippen LogP contribution in [0.4, 0.5) is 22.4 Å². The Bertz CT molecular complexity index is 5390. The second kappa shape index (κ2) is 28.9. The van der Waals surface area contributed by atoms with Gasteiger partial charge >= 0.3 is 17.5 Å². The number of nitrogens with zero attached hydrogens (tertiary/aromatic N) is 12. The molecule has 0 unspecified atom stereocenters. The van der Waals surface area contributed by atoms with Gasteiger partial charge in [-0.15, -0.1) is 0 Å². The summed E-state index contributed by atoms with van der Waals surface area (Å²) < 4.78 is 70.8. The third kappa shape index (κ3) is 14.6. The molecular weight excluding hydrogens is 1310 g/mol. The van der Waals surface area contributed by atoms with E-state index in [0.29, 0.717) is 79.0 Å². The maximum Gasteiger partial charge on any atom is 0.410 e. The van der Waals surface area contributed by atoms with Crippen LogP contribution in [0.25, 0.3) is 67.0 Å². The molecule has 102 heavy (non-hydrogen) atoms. The van der Waals surface area contributed by atoms with Crippen LogP contribution >= 0.6 is 0 Å². The third-order valence-electron chi connectivity index (χ3n) is 19.3. The van der Waals surface area contributed by atoms with Crippen LogP contribution in [0.2, 0.25) is 0 Å². The molecule has 0 bridgehead atoms. The molecule has 0 radical (unpaired) electrons. The molecule has 522 valence electrons. The standard InChI is InChI=1S/C39H36F2N6O5.C38H38F2N8O2/c1-39(2,3)52-38(51)45(22-29-21-44-20-27(40)11-16-34(44)43-29)30-12-14-31(15-13-30)47-36(49)33-18-28(41)19-42-35(33)46(37(47)50)32-6-4-5-26(17-32)25-9-7-24(23-48)8-10-25;39-28-8-13-35-44-31(24-46(35)23-28)21-42-30-9-11-32(12-10-30)48-37(49)34-19-29(40)20-43-36(34)47(38(48)50)33-3-1-2-27(18-33)26-6-4-25(5-7-26)22-45-16-14-41-15-17-45/h4-11,16-21,23,30-31H,12-15,22H2,1-3H3;1-8,13,18-20,23-24,30,32,41-42H,9-12,14-17,21-22H2. The number of halogens is 4. The van der Waals surface area contributed by atoms with E-state index < -0.39 is 57.7 Å². The molecule has 8 aromatic heterocycles. The highest BCUT2D eigenvalue weighted by Gasteiger charge is 2.35. The van der Waals surface area contributed by atoms with Crippen molar-refractivity contribution < 1.29 is 31.9 Å². The summed E-state index contributed by atoms with van der Waals surface area (Å²) in [7, 11) is 0. The van der Waals surface area contributed by atoms with Crippen LogP contribution in [0, 0.1) is 23.3 Å². The Morgan fingerprint density at radius 2 is 1.09 bits per heavy atom. The van der Waals surface area contributed by atoms with Crippen molar-refractivity contribution >= 4 is 45.7 Å². The number of aromatic nitrogens is 10. The molecule has 0 atom stereocenters. The summed E-state index contributed by atoms with van der Waals surface area (Å²) in [4.78, 5) is 103. The van der Waals surface area contributed by atoms with Crippen LogP contribution in [0.1, 0.15) is 112 Å². The first-order valence-corrected chi connectivity index (χ1v) is 34.2. The van der Waals surface area contributed by atoms with Crippen molar-refractivity contribution in [1.29, 1.82) is 0 Å². The van der Waals surface area contributed by atoms with Crippen molar-refractivity contribution in [3.63, 3.8) is 0 Å². The number of aldehydes is 1. The lowest BCUT2D eigenvalue weighted by atomic mass is 9.90. The van der Waals surface area contributed by atoms with Crippen molar-refractivity contribution in [2.45, 2.75) is 122 Å². The van der Waals surface area contributed by atoms with Crippen molar-refractivity contribution in [3.8, 4) is 33.6 Å². The minimum absolute atomic E-state index is 0.0261. The molecule has 2 aliphatic carbocycles. The second-order valence-corrected chi connectivity index (χ2v) is 27.3. The number of piperazine rings is 1. The fourth-order valence-corrected chi connectivity index (χ4v) is 14.3. The van der Waals surface area contributed by atoms with Gasteiger partial charge in [0.1, 0.15) is 46.5 Å². The summed E-state index contributed by atoms with van der Waals surface area (Å²) in [6.45, 7) is 10.9. The highest BCUT2D eigenvalue weighted by molar-refractivity contribution is 5.79. The normalized spacial score (nSPS) is 17.4. The van der Waals surface area contributed by atoms with E-state index in [4.69, 9.17) is 4.74 Å². The quantitative estimate of drug-likeness (QED) is 0.0720. The van der Waals surface area contributed by atoms with Crippen LogP contribution in [0.15, 0.2) is 190 Å². The first kappa shape index (κ1) is 68.1. The van der Waals surface area contributed by atoms with Gasteiger partial charge in [-0.2, -0.15) is 0 Å². The SMILES string of the molecule is CC(C)(C)OC(=O)N(Cc1cn2cc(F)ccc2n1)C1CCC(n2c(=O)c3cc(F)cnc3n(-c3cccc(-c4ccc(C=O)cc4)c3)c2=O)CC1.O=c1c2cc(F)cnc2n(-c2cccc(-c3ccc(CN4CCNCC4)cc3)c2)c(=O)n1C1CCC(NCc2cn3cc(F)ccc3n2)CC1. The monoisotopic (exact) mass is 1380 g/mol. The van der Waals surface area contributed by atoms with Crippen molar-refractivity contribution in [2.75, 3.05) is 26.2 Å². The van der Waals surface area contributed by atoms with Crippen LogP contribution < -0.4 is 33.1 Å². The molecule has 1 saturated heterocycles. The van der Waals surface area contributed by atoms with E-state index in [1.807, 2.05) is 30.3 Å². The van der Waals surface area contributed by atoms with Crippen molar-refractivity contribution in [3.05, 3.63) is 258 Å². The molecule has 4 aromatic carbocycles. The molecule has 2 saturated carbocycles. The fraction of sp³-hybridized carbons (Fsp3) is 0.299. The molecule has 9 heterocycles. The molecule has 3 aliphatic rings. The van der Waals surface area contributed by atoms with Crippen molar-refractivity contribution in [2.24, 2.45) is 0 Å². The van der Waals surface area contributed by atoms with E-state index in [1.165, 1.54) is 54.4 Å². The lowest BCUT2D eigenvalue weighted by Gasteiger charge is -2.37. The van der Waals surface area contributed by atoms with E-state index in [0.717, 1.165) is 98.3 Å². The molecule has 21 nitrogen and oxygen atoms in total. The zero-order chi connectivity index (χ0) is 70.9. The minimum Gasteiger partial charge on any atom is -0.444 e. The van der Waals surface area contributed by atoms with E-state index in [2.05, 4.69) is 59.7 Å². The maximum absolute atomic E-state index is 14.6. The summed E-state index contributed by atoms with van der Waals surface area (Å²) in [6, 6.07) is 37.3. The number of amides is 1. The number of imidazole rings is 2. The molecule has 12 aromatic rings. The smallest absolute Gasteiger partial charge is 0.410 e. The van der Waals surface area contributed by atoms with Crippen LogP contribution in [0.3, 0.4) is 0 Å². The van der Waals surface area contributed by atoms with Gasteiger partial charge in [0, 0.05) is 93.8 Å². The van der Waals surface area contributed by atoms with E-state index in [9.17, 15) is 46.3 Å². The predicted molar refractivity (Wildman–Crippen MR) is 379 cm³/mol. The number of hydrogen-bond donors (Lipinski definition) is 2. The first-order chi connectivity index (χ1) is 49.3. The highest BCUT2D eigenvalue weighted by atomic mass is 19.1. The lowest BCUT2D eigenvalue weighted by molar-refractivity contribution is 0.00780. The number of ether oxygens (including phenoxy) is 1. The molecule has 3 fully saturated rings. The van der Waals surface area contributed by atoms with Crippen LogP contribution in [-0.4, -0.2) is 113 Å². The summed E-state index contributed by atoms with van der Waals surface area (Å²) >= 11 is 0. The van der Waals surface area contributed by atoms with Crippen molar-refractivity contribution in [1.82, 2.24) is 67.4 Å². The van der Waals surface area contributed by atoms with Gasteiger partial charge in [-0.05, 0) is 161 Å². The molecule has 0 spiro atoms. The average Bonchev–Trinajstić information content (AvgIpc) is 1.01. The maximum atomic E-state index is 14.6.